The smallest absolute Gasteiger partial charge is 0.272 e. The molecule has 100 valence electrons. The molecule has 0 aliphatic carbocycles. The van der Waals surface area contributed by atoms with Crippen LogP contribution in [0.1, 0.15) is 18.9 Å². The van der Waals surface area contributed by atoms with E-state index in [0.717, 1.165) is 12.5 Å². The second-order valence-electron chi connectivity index (χ2n) is 4.02. The zero-order valence-electron chi connectivity index (χ0n) is 10.5. The van der Waals surface area contributed by atoms with Gasteiger partial charge >= 0.3 is 0 Å². The number of halogens is 1. The van der Waals surface area contributed by atoms with Crippen LogP contribution in [0.15, 0.2) is 18.2 Å². The van der Waals surface area contributed by atoms with Gasteiger partial charge in [0.15, 0.2) is 0 Å². The maximum atomic E-state index is 13.2. The van der Waals surface area contributed by atoms with Gasteiger partial charge in [0, 0.05) is 25.8 Å². The molecule has 0 heterocycles. The molecule has 0 fully saturated rings. The van der Waals surface area contributed by atoms with Gasteiger partial charge in [0.25, 0.3) is 5.69 Å². The molecule has 0 spiro atoms. The van der Waals surface area contributed by atoms with E-state index in [1.807, 2.05) is 6.92 Å². The average molecular weight is 256 g/mol. The van der Waals surface area contributed by atoms with Crippen molar-refractivity contribution in [2.75, 3.05) is 13.7 Å². The minimum absolute atomic E-state index is 0.150. The van der Waals surface area contributed by atoms with Crippen LogP contribution >= 0.6 is 0 Å². The summed E-state index contributed by atoms with van der Waals surface area (Å²) < 4.78 is 18.2. The molecule has 0 aliphatic rings. The van der Waals surface area contributed by atoms with Gasteiger partial charge in [-0.15, -0.1) is 0 Å². The quantitative estimate of drug-likeness (QED) is 0.600. The summed E-state index contributed by atoms with van der Waals surface area (Å²) in [7, 11) is 1.61. The first-order valence-electron chi connectivity index (χ1n) is 5.73. The summed E-state index contributed by atoms with van der Waals surface area (Å²) in [5.74, 6) is -0.596. The Morgan fingerprint density at radius 3 is 2.78 bits per heavy atom. The van der Waals surface area contributed by atoms with Gasteiger partial charge in [-0.05, 0) is 18.1 Å². The number of methoxy groups -OCH3 is 1. The first-order valence-corrected chi connectivity index (χ1v) is 5.73. The lowest BCUT2D eigenvalue weighted by Gasteiger charge is -2.15. The summed E-state index contributed by atoms with van der Waals surface area (Å²) in [5, 5.41) is 13.8. The fourth-order valence-electron chi connectivity index (χ4n) is 1.63. The van der Waals surface area contributed by atoms with Crippen molar-refractivity contribution in [3.05, 3.63) is 39.7 Å². The Balaban J connectivity index is 2.69. The number of benzene rings is 1. The minimum atomic E-state index is -0.598. The van der Waals surface area contributed by atoms with E-state index in [0.29, 0.717) is 18.7 Å². The van der Waals surface area contributed by atoms with Gasteiger partial charge in [0.05, 0.1) is 17.6 Å². The van der Waals surface area contributed by atoms with Crippen LogP contribution in [-0.2, 0) is 11.3 Å². The molecule has 6 heteroatoms. The molecule has 0 aliphatic heterocycles. The standard InChI is InChI=1S/C12H17FN2O3/c1-3-11(8-18-2)14-7-9-4-10(13)6-12(5-9)15(16)17/h4-6,11,14H,3,7-8H2,1-2H3. The third-order valence-electron chi connectivity index (χ3n) is 2.61. The van der Waals surface area contributed by atoms with Crippen LogP contribution in [0.25, 0.3) is 0 Å². The van der Waals surface area contributed by atoms with Crippen molar-refractivity contribution in [2.24, 2.45) is 0 Å². The van der Waals surface area contributed by atoms with E-state index in [9.17, 15) is 14.5 Å². The van der Waals surface area contributed by atoms with Crippen LogP contribution in [0, 0.1) is 15.9 Å². The lowest BCUT2D eigenvalue weighted by molar-refractivity contribution is -0.385. The summed E-state index contributed by atoms with van der Waals surface area (Å²) >= 11 is 0. The first kappa shape index (κ1) is 14.5. The van der Waals surface area contributed by atoms with E-state index in [1.54, 1.807) is 7.11 Å². The summed E-state index contributed by atoms with van der Waals surface area (Å²) in [6, 6.07) is 3.72. The molecule has 1 atom stereocenters. The lowest BCUT2D eigenvalue weighted by atomic mass is 10.1. The molecule has 1 aromatic rings. The fraction of sp³-hybridized carbons (Fsp3) is 0.500. The highest BCUT2D eigenvalue weighted by molar-refractivity contribution is 5.35. The topological polar surface area (TPSA) is 64.4 Å². The molecule has 1 unspecified atom stereocenters. The second kappa shape index (κ2) is 7.03. The van der Waals surface area contributed by atoms with E-state index in [2.05, 4.69) is 5.32 Å². The Morgan fingerprint density at radius 2 is 2.22 bits per heavy atom. The molecule has 0 bridgehead atoms. The molecule has 1 N–H and O–H groups in total. The normalized spacial score (nSPS) is 12.4. The third kappa shape index (κ3) is 4.38. The number of rotatable bonds is 7. The maximum absolute atomic E-state index is 13.2. The highest BCUT2D eigenvalue weighted by atomic mass is 19.1. The third-order valence-corrected chi connectivity index (χ3v) is 2.61. The molecule has 0 radical (unpaired) electrons. The Bertz CT molecular complexity index is 412. The van der Waals surface area contributed by atoms with Crippen molar-refractivity contribution in [3.8, 4) is 0 Å². The average Bonchev–Trinajstić information content (AvgIpc) is 2.33. The summed E-state index contributed by atoms with van der Waals surface area (Å²) in [6.07, 6.45) is 0.866. The van der Waals surface area contributed by atoms with E-state index < -0.39 is 10.7 Å². The number of non-ortho nitro benzene ring substituents is 1. The van der Waals surface area contributed by atoms with E-state index >= 15 is 0 Å². The Kier molecular flexibility index (Phi) is 5.67. The Hall–Kier alpha value is -1.53. The van der Waals surface area contributed by atoms with E-state index in [-0.39, 0.29) is 11.7 Å². The molecular formula is C12H17FN2O3. The van der Waals surface area contributed by atoms with Gasteiger partial charge in [-0.1, -0.05) is 6.92 Å². The predicted molar refractivity (Wildman–Crippen MR) is 65.8 cm³/mol. The van der Waals surface area contributed by atoms with Gasteiger partial charge in [0.2, 0.25) is 0 Å². The Morgan fingerprint density at radius 1 is 1.50 bits per heavy atom. The van der Waals surface area contributed by atoms with Crippen molar-refractivity contribution in [1.82, 2.24) is 5.32 Å². The number of nitro benzene ring substituents is 1. The highest BCUT2D eigenvalue weighted by Gasteiger charge is 2.11. The first-order chi connectivity index (χ1) is 8.56. The minimum Gasteiger partial charge on any atom is -0.383 e. The number of hydrogen-bond donors (Lipinski definition) is 1. The van der Waals surface area contributed by atoms with Crippen molar-refractivity contribution in [1.29, 1.82) is 0 Å². The molecule has 0 amide bonds. The second-order valence-corrected chi connectivity index (χ2v) is 4.02. The lowest BCUT2D eigenvalue weighted by Crippen LogP contribution is -2.32. The van der Waals surface area contributed by atoms with E-state index in [1.165, 1.54) is 12.1 Å². The maximum Gasteiger partial charge on any atom is 0.272 e. The largest absolute Gasteiger partial charge is 0.383 e. The molecule has 0 saturated heterocycles. The van der Waals surface area contributed by atoms with Crippen LogP contribution in [0.3, 0.4) is 0 Å². The number of nitrogens with zero attached hydrogens (tertiary/aromatic N) is 1. The molecular weight excluding hydrogens is 239 g/mol. The van der Waals surface area contributed by atoms with Crippen molar-refractivity contribution >= 4 is 5.69 Å². The van der Waals surface area contributed by atoms with Gasteiger partial charge in [0.1, 0.15) is 5.82 Å². The zero-order valence-corrected chi connectivity index (χ0v) is 10.5. The molecule has 1 rings (SSSR count). The highest BCUT2D eigenvalue weighted by Crippen LogP contribution is 2.16. The number of nitro groups is 1. The van der Waals surface area contributed by atoms with Crippen LogP contribution in [0.5, 0.6) is 0 Å². The summed E-state index contributed by atoms with van der Waals surface area (Å²) in [4.78, 5) is 10.0. The van der Waals surface area contributed by atoms with Crippen molar-refractivity contribution in [3.63, 3.8) is 0 Å². The molecule has 5 nitrogen and oxygen atoms in total. The number of ether oxygens (including phenoxy) is 1. The SMILES string of the molecule is CCC(COC)NCc1cc(F)cc([N+](=O)[O-])c1. The Labute approximate surface area is 105 Å². The molecule has 1 aromatic carbocycles. The van der Waals surface area contributed by atoms with Crippen LogP contribution in [0.2, 0.25) is 0 Å². The molecule has 18 heavy (non-hydrogen) atoms. The summed E-state index contributed by atoms with van der Waals surface area (Å²) in [5.41, 5.74) is 0.322. The number of nitrogens with one attached hydrogen (secondary N) is 1. The van der Waals surface area contributed by atoms with Gasteiger partial charge in [-0.25, -0.2) is 4.39 Å². The van der Waals surface area contributed by atoms with Crippen molar-refractivity contribution in [2.45, 2.75) is 25.9 Å². The zero-order chi connectivity index (χ0) is 13.5. The van der Waals surface area contributed by atoms with Crippen LogP contribution in [0.4, 0.5) is 10.1 Å². The fourth-order valence-corrected chi connectivity index (χ4v) is 1.63. The predicted octanol–water partition coefficient (Wildman–Crippen LogP) is 2.25. The molecule has 0 aromatic heterocycles. The van der Waals surface area contributed by atoms with Crippen LogP contribution < -0.4 is 5.32 Å². The molecule has 0 saturated carbocycles. The van der Waals surface area contributed by atoms with Gasteiger partial charge in [-0.2, -0.15) is 0 Å². The van der Waals surface area contributed by atoms with Crippen molar-refractivity contribution < 1.29 is 14.1 Å². The van der Waals surface area contributed by atoms with Crippen LogP contribution in [-0.4, -0.2) is 24.7 Å². The van der Waals surface area contributed by atoms with Gasteiger partial charge in [-0.3, -0.25) is 10.1 Å². The van der Waals surface area contributed by atoms with Gasteiger partial charge < -0.3 is 10.1 Å². The monoisotopic (exact) mass is 256 g/mol. The summed E-state index contributed by atoms with van der Waals surface area (Å²) in [6.45, 7) is 2.93. The van der Waals surface area contributed by atoms with E-state index in [4.69, 9.17) is 4.74 Å². The number of hydrogen-bond acceptors (Lipinski definition) is 4.